The van der Waals surface area contributed by atoms with Crippen molar-refractivity contribution in [3.05, 3.63) is 24.2 Å². The fraction of sp³-hybridized carbons (Fsp3) is 0.727. The number of carbonyl (C=O) groups is 1. The lowest BCUT2D eigenvalue weighted by Gasteiger charge is -2.33. The molecule has 2 N–H and O–H groups in total. The number of furan rings is 1. The molecule has 3 heterocycles. The normalized spacial score (nSPS) is 18.3. The molecule has 0 spiro atoms. The van der Waals surface area contributed by atoms with Crippen molar-refractivity contribution >= 4 is 35.8 Å². The Labute approximate surface area is 208 Å². The van der Waals surface area contributed by atoms with E-state index in [0.29, 0.717) is 19.1 Å². The number of piperidine rings is 1. The first-order valence-corrected chi connectivity index (χ1v) is 11.4. The second-order valence-corrected chi connectivity index (χ2v) is 7.98. The van der Waals surface area contributed by atoms with Gasteiger partial charge in [0.25, 0.3) is 0 Å². The van der Waals surface area contributed by atoms with Gasteiger partial charge in [0.05, 0.1) is 39.0 Å². The molecule has 10 heteroatoms. The molecule has 0 aliphatic carbocycles. The fourth-order valence-electron chi connectivity index (χ4n) is 3.85. The van der Waals surface area contributed by atoms with E-state index in [1.807, 2.05) is 17.0 Å². The molecule has 0 unspecified atom stereocenters. The Morgan fingerprint density at radius 3 is 2.72 bits per heavy atom. The van der Waals surface area contributed by atoms with Crippen molar-refractivity contribution in [2.75, 3.05) is 72.7 Å². The number of ether oxygens (including phenoxy) is 2. The molecule has 0 aromatic carbocycles. The third kappa shape index (κ3) is 9.63. The van der Waals surface area contributed by atoms with Gasteiger partial charge in [0.15, 0.2) is 5.96 Å². The van der Waals surface area contributed by atoms with Crippen LogP contribution in [0.25, 0.3) is 0 Å². The number of amides is 1. The van der Waals surface area contributed by atoms with Gasteiger partial charge in [-0.15, -0.1) is 24.0 Å². The minimum atomic E-state index is 0. The molecule has 0 atom stereocenters. The SMILES string of the molecule is COCCC(=O)N1CCC(NC(=NCCN2CCOCC2)NCCc2ccco2)CC1.I. The van der Waals surface area contributed by atoms with Crippen LogP contribution in [0, 0.1) is 0 Å². The van der Waals surface area contributed by atoms with Gasteiger partial charge in [0.2, 0.25) is 5.91 Å². The van der Waals surface area contributed by atoms with Crippen LogP contribution < -0.4 is 10.6 Å². The molecule has 1 aromatic heterocycles. The number of hydrogen-bond acceptors (Lipinski definition) is 6. The molecule has 1 amide bonds. The Kier molecular flexibility index (Phi) is 13.0. The molecule has 182 valence electrons. The minimum Gasteiger partial charge on any atom is -0.469 e. The lowest BCUT2D eigenvalue weighted by atomic mass is 10.0. The van der Waals surface area contributed by atoms with Gasteiger partial charge in [-0.2, -0.15) is 0 Å². The van der Waals surface area contributed by atoms with Crippen LogP contribution in [0.1, 0.15) is 25.0 Å². The van der Waals surface area contributed by atoms with E-state index in [-0.39, 0.29) is 29.9 Å². The second kappa shape index (κ2) is 15.5. The van der Waals surface area contributed by atoms with Crippen molar-refractivity contribution in [1.82, 2.24) is 20.4 Å². The van der Waals surface area contributed by atoms with Gasteiger partial charge in [0, 0.05) is 58.8 Å². The molecule has 32 heavy (non-hydrogen) atoms. The van der Waals surface area contributed by atoms with E-state index in [2.05, 4.69) is 15.5 Å². The summed E-state index contributed by atoms with van der Waals surface area (Å²) in [4.78, 5) is 21.3. The topological polar surface area (TPSA) is 91.6 Å². The Morgan fingerprint density at radius 1 is 1.25 bits per heavy atom. The molecule has 2 fully saturated rings. The van der Waals surface area contributed by atoms with Crippen molar-refractivity contribution in [2.24, 2.45) is 4.99 Å². The van der Waals surface area contributed by atoms with Crippen LogP contribution in [0.3, 0.4) is 0 Å². The van der Waals surface area contributed by atoms with Crippen molar-refractivity contribution in [2.45, 2.75) is 31.7 Å². The minimum absolute atomic E-state index is 0. The number of likely N-dealkylation sites (tertiary alicyclic amines) is 1. The molecule has 2 saturated heterocycles. The van der Waals surface area contributed by atoms with Gasteiger partial charge in [0.1, 0.15) is 5.76 Å². The van der Waals surface area contributed by atoms with E-state index in [1.54, 1.807) is 13.4 Å². The van der Waals surface area contributed by atoms with E-state index in [1.165, 1.54) is 0 Å². The first-order valence-electron chi connectivity index (χ1n) is 11.4. The summed E-state index contributed by atoms with van der Waals surface area (Å²) in [7, 11) is 1.63. The summed E-state index contributed by atoms with van der Waals surface area (Å²) in [6.07, 6.45) is 4.80. The fourth-order valence-corrected chi connectivity index (χ4v) is 3.85. The van der Waals surface area contributed by atoms with E-state index in [0.717, 1.165) is 90.0 Å². The van der Waals surface area contributed by atoms with Crippen molar-refractivity contribution in [1.29, 1.82) is 0 Å². The monoisotopic (exact) mass is 563 g/mol. The molecule has 0 radical (unpaired) electrons. The van der Waals surface area contributed by atoms with E-state index in [9.17, 15) is 4.79 Å². The van der Waals surface area contributed by atoms with Gasteiger partial charge in [-0.25, -0.2) is 0 Å². The lowest BCUT2D eigenvalue weighted by molar-refractivity contribution is -0.133. The molecular weight excluding hydrogens is 525 g/mol. The average molecular weight is 563 g/mol. The van der Waals surface area contributed by atoms with Crippen LogP contribution in [-0.2, 0) is 20.7 Å². The zero-order valence-electron chi connectivity index (χ0n) is 19.1. The molecule has 0 saturated carbocycles. The van der Waals surface area contributed by atoms with Gasteiger partial charge in [-0.1, -0.05) is 0 Å². The Balaban J connectivity index is 0.00000363. The maximum absolute atomic E-state index is 12.2. The van der Waals surface area contributed by atoms with Crippen LogP contribution in [0.15, 0.2) is 27.8 Å². The first-order chi connectivity index (χ1) is 15.2. The first kappa shape index (κ1) is 26.9. The Hall–Kier alpha value is -1.37. The number of halogens is 1. The highest BCUT2D eigenvalue weighted by Crippen LogP contribution is 2.11. The van der Waals surface area contributed by atoms with Crippen LogP contribution in [0.4, 0.5) is 0 Å². The maximum Gasteiger partial charge on any atom is 0.224 e. The zero-order valence-corrected chi connectivity index (χ0v) is 21.4. The summed E-state index contributed by atoms with van der Waals surface area (Å²) < 4.78 is 15.9. The summed E-state index contributed by atoms with van der Waals surface area (Å²) in [6, 6.07) is 4.21. The molecule has 2 aliphatic heterocycles. The third-order valence-electron chi connectivity index (χ3n) is 5.74. The Bertz CT molecular complexity index is 659. The number of hydrogen-bond donors (Lipinski definition) is 2. The van der Waals surface area contributed by atoms with Crippen LogP contribution in [0.2, 0.25) is 0 Å². The second-order valence-electron chi connectivity index (χ2n) is 7.98. The highest BCUT2D eigenvalue weighted by Gasteiger charge is 2.23. The number of guanidine groups is 1. The van der Waals surface area contributed by atoms with Crippen LogP contribution in [0.5, 0.6) is 0 Å². The molecule has 1 aromatic rings. The van der Waals surface area contributed by atoms with E-state index < -0.39 is 0 Å². The predicted molar refractivity (Wildman–Crippen MR) is 135 cm³/mol. The maximum atomic E-state index is 12.2. The van der Waals surface area contributed by atoms with Gasteiger partial charge in [-0.05, 0) is 25.0 Å². The van der Waals surface area contributed by atoms with E-state index >= 15 is 0 Å². The molecule has 3 rings (SSSR count). The predicted octanol–water partition coefficient (Wildman–Crippen LogP) is 1.34. The van der Waals surface area contributed by atoms with E-state index in [4.69, 9.17) is 18.9 Å². The van der Waals surface area contributed by atoms with Crippen LogP contribution in [-0.4, -0.2) is 100 Å². The number of nitrogens with one attached hydrogen (secondary N) is 2. The number of rotatable bonds is 10. The number of morpholine rings is 1. The van der Waals surface area contributed by atoms with Crippen molar-refractivity contribution in [3.8, 4) is 0 Å². The number of aliphatic imine (C=N–C) groups is 1. The largest absolute Gasteiger partial charge is 0.469 e. The number of methoxy groups -OCH3 is 1. The number of carbonyl (C=O) groups excluding carboxylic acids is 1. The number of nitrogens with zero attached hydrogens (tertiary/aromatic N) is 3. The van der Waals surface area contributed by atoms with Gasteiger partial charge in [-0.3, -0.25) is 14.7 Å². The summed E-state index contributed by atoms with van der Waals surface area (Å²) in [5.41, 5.74) is 0. The molecule has 2 aliphatic rings. The van der Waals surface area contributed by atoms with Crippen molar-refractivity contribution < 1.29 is 18.7 Å². The van der Waals surface area contributed by atoms with Gasteiger partial charge < -0.3 is 29.4 Å². The highest BCUT2D eigenvalue weighted by atomic mass is 127. The summed E-state index contributed by atoms with van der Waals surface area (Å²) in [5.74, 6) is 1.98. The highest BCUT2D eigenvalue weighted by molar-refractivity contribution is 14.0. The smallest absolute Gasteiger partial charge is 0.224 e. The standard InChI is InChI=1S/C22H37N5O4.HI/c1-29-16-7-21(28)27-10-5-19(6-11-27)25-22(23-8-4-20-3-2-15-31-20)24-9-12-26-13-17-30-18-14-26;/h2-3,15,19H,4-14,16-18H2,1H3,(H2,23,24,25);1H. The summed E-state index contributed by atoms with van der Waals surface area (Å²) >= 11 is 0. The quantitative estimate of drug-likeness (QED) is 0.252. The zero-order chi connectivity index (χ0) is 21.7. The Morgan fingerprint density at radius 2 is 2.03 bits per heavy atom. The summed E-state index contributed by atoms with van der Waals surface area (Å²) in [5, 5.41) is 7.02. The lowest BCUT2D eigenvalue weighted by Crippen LogP contribution is -2.50. The average Bonchev–Trinajstić information content (AvgIpc) is 3.32. The summed E-state index contributed by atoms with van der Waals surface area (Å²) in [6.45, 7) is 8.00. The molecular formula is C22H38IN5O4. The van der Waals surface area contributed by atoms with Crippen molar-refractivity contribution in [3.63, 3.8) is 0 Å². The third-order valence-corrected chi connectivity index (χ3v) is 5.74. The van der Waals surface area contributed by atoms with Gasteiger partial charge >= 0.3 is 0 Å². The molecule has 9 nitrogen and oxygen atoms in total. The molecule has 0 bridgehead atoms. The van der Waals surface area contributed by atoms with Crippen LogP contribution >= 0.6 is 24.0 Å².